The number of aromatic hydroxyl groups is 1. The van der Waals surface area contributed by atoms with Crippen LogP contribution in [0.3, 0.4) is 0 Å². The molecule has 0 aliphatic carbocycles. The van der Waals surface area contributed by atoms with Gasteiger partial charge in [0.1, 0.15) is 11.8 Å². The van der Waals surface area contributed by atoms with Crippen LogP contribution in [0.25, 0.3) is 10.8 Å². The normalized spacial score (nSPS) is 17.5. The zero-order valence-electron chi connectivity index (χ0n) is 14.0. The summed E-state index contributed by atoms with van der Waals surface area (Å²) in [4.78, 5) is 26.8. The van der Waals surface area contributed by atoms with Gasteiger partial charge in [-0.2, -0.15) is 0 Å². The predicted molar refractivity (Wildman–Crippen MR) is 93.0 cm³/mol. The number of nitrogens with one attached hydrogen (secondary N) is 1. The first-order chi connectivity index (χ1) is 11.5. The van der Waals surface area contributed by atoms with Gasteiger partial charge in [-0.15, -0.1) is 0 Å². The average molecular weight is 326 g/mol. The van der Waals surface area contributed by atoms with Gasteiger partial charge in [0, 0.05) is 18.0 Å². The highest BCUT2D eigenvalue weighted by Crippen LogP contribution is 2.31. The van der Waals surface area contributed by atoms with Crippen molar-refractivity contribution in [2.75, 3.05) is 6.54 Å². The molecular weight excluding hydrogens is 304 g/mol. The quantitative estimate of drug-likeness (QED) is 0.911. The Labute approximate surface area is 141 Å². The Morgan fingerprint density at radius 2 is 1.96 bits per heavy atom. The van der Waals surface area contributed by atoms with Crippen LogP contribution < -0.4 is 5.32 Å². The van der Waals surface area contributed by atoms with E-state index in [0.29, 0.717) is 18.4 Å². The summed E-state index contributed by atoms with van der Waals surface area (Å²) in [5.41, 5.74) is 0.248. The molecule has 24 heavy (non-hydrogen) atoms. The number of rotatable bonds is 3. The molecule has 1 atom stereocenters. The number of nitrogens with zero attached hydrogens (tertiary/aromatic N) is 1. The molecule has 2 aromatic carbocycles. The number of phenols is 1. The summed E-state index contributed by atoms with van der Waals surface area (Å²) in [6, 6.07) is 10.4. The van der Waals surface area contributed by atoms with Crippen molar-refractivity contribution in [2.24, 2.45) is 0 Å². The molecule has 126 valence electrons. The van der Waals surface area contributed by atoms with E-state index in [1.807, 2.05) is 38.1 Å². The van der Waals surface area contributed by atoms with Crippen LogP contribution in [0, 0.1) is 0 Å². The smallest absolute Gasteiger partial charge is 0.258 e. The summed E-state index contributed by atoms with van der Waals surface area (Å²) in [5, 5.41) is 14.9. The van der Waals surface area contributed by atoms with Crippen LogP contribution >= 0.6 is 0 Å². The first kappa shape index (κ1) is 16.3. The number of likely N-dealkylation sites (tertiary alicyclic amines) is 1. The summed E-state index contributed by atoms with van der Waals surface area (Å²) in [6.07, 6.45) is 1.44. The van der Waals surface area contributed by atoms with Crippen LogP contribution in [0.2, 0.25) is 0 Å². The minimum Gasteiger partial charge on any atom is -0.506 e. The molecule has 1 aliphatic rings. The minimum atomic E-state index is -0.467. The zero-order valence-corrected chi connectivity index (χ0v) is 14.0. The molecule has 0 spiro atoms. The fourth-order valence-electron chi connectivity index (χ4n) is 3.25. The lowest BCUT2D eigenvalue weighted by atomic mass is 10.0. The third-order valence-corrected chi connectivity index (χ3v) is 4.38. The van der Waals surface area contributed by atoms with Crippen LogP contribution in [0.1, 0.15) is 37.0 Å². The molecule has 1 aliphatic heterocycles. The maximum atomic E-state index is 12.9. The van der Waals surface area contributed by atoms with Gasteiger partial charge in [0.15, 0.2) is 0 Å². The van der Waals surface area contributed by atoms with Gasteiger partial charge in [0.05, 0.1) is 5.56 Å². The van der Waals surface area contributed by atoms with Crippen LogP contribution in [-0.4, -0.2) is 40.4 Å². The summed E-state index contributed by atoms with van der Waals surface area (Å²) in [6.45, 7) is 4.32. The van der Waals surface area contributed by atoms with Gasteiger partial charge in [-0.05, 0) is 38.1 Å². The second kappa shape index (κ2) is 6.51. The minimum absolute atomic E-state index is 0.0204. The largest absolute Gasteiger partial charge is 0.506 e. The lowest BCUT2D eigenvalue weighted by molar-refractivity contribution is -0.125. The van der Waals surface area contributed by atoms with Crippen molar-refractivity contribution in [3.63, 3.8) is 0 Å². The van der Waals surface area contributed by atoms with E-state index in [2.05, 4.69) is 5.32 Å². The second-order valence-corrected chi connectivity index (χ2v) is 6.50. The first-order valence-electron chi connectivity index (χ1n) is 8.31. The molecule has 1 saturated heterocycles. The van der Waals surface area contributed by atoms with E-state index in [0.717, 1.165) is 11.8 Å². The van der Waals surface area contributed by atoms with E-state index >= 15 is 0 Å². The van der Waals surface area contributed by atoms with Gasteiger partial charge in [0.2, 0.25) is 5.91 Å². The van der Waals surface area contributed by atoms with Crippen molar-refractivity contribution in [2.45, 2.75) is 38.8 Å². The lowest BCUT2D eigenvalue weighted by Gasteiger charge is -2.25. The van der Waals surface area contributed by atoms with E-state index in [9.17, 15) is 14.7 Å². The Kier molecular flexibility index (Phi) is 4.42. The molecule has 2 amide bonds. The van der Waals surface area contributed by atoms with Gasteiger partial charge in [-0.1, -0.05) is 30.3 Å². The van der Waals surface area contributed by atoms with Gasteiger partial charge in [0.25, 0.3) is 5.91 Å². The van der Waals surface area contributed by atoms with E-state index in [4.69, 9.17) is 0 Å². The number of hydrogen-bond acceptors (Lipinski definition) is 3. The molecule has 0 unspecified atom stereocenters. The summed E-state index contributed by atoms with van der Waals surface area (Å²) < 4.78 is 0. The number of benzene rings is 2. The highest BCUT2D eigenvalue weighted by molar-refractivity contribution is 6.05. The Morgan fingerprint density at radius 1 is 1.21 bits per heavy atom. The van der Waals surface area contributed by atoms with Gasteiger partial charge in [-0.25, -0.2) is 0 Å². The molecule has 0 aromatic heterocycles. The van der Waals surface area contributed by atoms with Crippen LogP contribution in [0.4, 0.5) is 0 Å². The van der Waals surface area contributed by atoms with E-state index in [1.54, 1.807) is 17.0 Å². The molecule has 3 rings (SSSR count). The van der Waals surface area contributed by atoms with Crippen molar-refractivity contribution in [3.8, 4) is 5.75 Å². The fraction of sp³-hybridized carbons (Fsp3) is 0.368. The molecule has 5 heteroatoms. The number of fused-ring (bicyclic) bond motifs is 1. The monoisotopic (exact) mass is 326 g/mol. The highest BCUT2D eigenvalue weighted by atomic mass is 16.3. The lowest BCUT2D eigenvalue weighted by Crippen LogP contribution is -2.47. The zero-order chi connectivity index (χ0) is 17.3. The number of hydrogen-bond donors (Lipinski definition) is 2. The Morgan fingerprint density at radius 3 is 2.71 bits per heavy atom. The highest BCUT2D eigenvalue weighted by Gasteiger charge is 2.35. The molecule has 2 N–H and O–H groups in total. The van der Waals surface area contributed by atoms with Crippen molar-refractivity contribution in [3.05, 3.63) is 42.0 Å². The average Bonchev–Trinajstić information content (AvgIpc) is 3.04. The topological polar surface area (TPSA) is 69.6 Å². The van der Waals surface area contributed by atoms with Gasteiger partial charge < -0.3 is 15.3 Å². The van der Waals surface area contributed by atoms with Gasteiger partial charge in [-0.3, -0.25) is 9.59 Å². The second-order valence-electron chi connectivity index (χ2n) is 6.50. The molecule has 0 radical (unpaired) electrons. The van der Waals surface area contributed by atoms with E-state index in [1.165, 1.54) is 0 Å². The number of phenolic OH excluding ortho intramolecular Hbond substituents is 1. The first-order valence-corrected chi connectivity index (χ1v) is 8.31. The molecule has 2 aromatic rings. The maximum absolute atomic E-state index is 12.9. The summed E-state index contributed by atoms with van der Waals surface area (Å²) >= 11 is 0. The molecule has 0 bridgehead atoms. The molecule has 0 saturated carbocycles. The Bertz CT molecular complexity index is 785. The van der Waals surface area contributed by atoms with Crippen LogP contribution in [-0.2, 0) is 4.79 Å². The number of carbonyl (C=O) groups is 2. The van der Waals surface area contributed by atoms with E-state index in [-0.39, 0.29) is 29.2 Å². The van der Waals surface area contributed by atoms with Crippen molar-refractivity contribution in [1.82, 2.24) is 10.2 Å². The van der Waals surface area contributed by atoms with Crippen LogP contribution in [0.5, 0.6) is 5.75 Å². The molecule has 1 fully saturated rings. The number of amides is 2. The Hall–Kier alpha value is -2.56. The Balaban J connectivity index is 1.91. The number of carbonyl (C=O) groups excluding carboxylic acids is 2. The predicted octanol–water partition coefficient (Wildman–Crippen LogP) is 2.67. The van der Waals surface area contributed by atoms with Crippen molar-refractivity contribution >= 4 is 22.6 Å². The van der Waals surface area contributed by atoms with Crippen molar-refractivity contribution < 1.29 is 14.7 Å². The third-order valence-electron chi connectivity index (χ3n) is 4.38. The van der Waals surface area contributed by atoms with Crippen molar-refractivity contribution in [1.29, 1.82) is 0 Å². The van der Waals surface area contributed by atoms with Gasteiger partial charge >= 0.3 is 0 Å². The summed E-state index contributed by atoms with van der Waals surface area (Å²) in [5.74, 6) is -0.441. The fourth-order valence-corrected chi connectivity index (χ4v) is 3.25. The third kappa shape index (κ3) is 2.94. The van der Waals surface area contributed by atoms with Crippen LogP contribution in [0.15, 0.2) is 36.4 Å². The molecule has 5 nitrogen and oxygen atoms in total. The molecule has 1 heterocycles. The summed E-state index contributed by atoms with van der Waals surface area (Å²) in [7, 11) is 0. The van der Waals surface area contributed by atoms with E-state index < -0.39 is 6.04 Å². The maximum Gasteiger partial charge on any atom is 0.258 e. The standard InChI is InChI=1S/C19H22N2O3/c1-12(2)20-18(23)16-8-5-11-21(16)19(24)15-10-9-13-6-3-4-7-14(13)17(15)22/h3-4,6-7,9-10,12,16,22H,5,8,11H2,1-2H3,(H,20,23)/t16-/m0/s1. The SMILES string of the molecule is CC(C)NC(=O)[C@@H]1CCCN1C(=O)c1ccc2ccccc2c1O. The molecular formula is C19H22N2O3.